The van der Waals surface area contributed by atoms with Gasteiger partial charge >= 0.3 is 0 Å². The Morgan fingerprint density at radius 2 is 1.84 bits per heavy atom. The van der Waals surface area contributed by atoms with E-state index in [1.807, 2.05) is 11.6 Å². The first-order valence-corrected chi connectivity index (χ1v) is 10.3. The minimum absolute atomic E-state index is 0.00262. The van der Waals surface area contributed by atoms with Gasteiger partial charge in [-0.1, -0.05) is 23.4 Å². The van der Waals surface area contributed by atoms with Crippen molar-refractivity contribution in [2.24, 2.45) is 7.05 Å². The smallest absolute Gasteiger partial charge is 0.269 e. The van der Waals surface area contributed by atoms with Gasteiger partial charge in [-0.15, -0.1) is 20.4 Å². The summed E-state index contributed by atoms with van der Waals surface area (Å²) in [6.07, 6.45) is 0. The topological polar surface area (TPSA) is 122 Å². The minimum atomic E-state index is -0.463. The number of nitro benzene ring substituents is 1. The van der Waals surface area contributed by atoms with Crippen LogP contribution in [0.4, 0.5) is 5.69 Å². The van der Waals surface area contributed by atoms with Crippen LogP contribution in [0.1, 0.15) is 11.7 Å². The summed E-state index contributed by atoms with van der Waals surface area (Å²) in [6.45, 7) is 0.260. The number of hydrogen-bond acceptors (Lipinski definition) is 9. The molecule has 0 bridgehead atoms. The van der Waals surface area contributed by atoms with E-state index in [2.05, 4.69) is 20.4 Å². The molecule has 10 nitrogen and oxygen atoms in total. The zero-order valence-electron chi connectivity index (χ0n) is 16.1. The number of hydrogen-bond donors (Lipinski definition) is 0. The minimum Gasteiger partial charge on any atom is -0.486 e. The van der Waals surface area contributed by atoms with Gasteiger partial charge in [-0.3, -0.25) is 10.1 Å². The Balaban J connectivity index is 1.35. The van der Waals surface area contributed by atoms with Crippen molar-refractivity contribution in [2.45, 2.75) is 17.5 Å². The predicted molar refractivity (Wildman–Crippen MR) is 113 cm³/mol. The molecule has 158 valence electrons. The van der Waals surface area contributed by atoms with Crippen molar-refractivity contribution in [3.63, 3.8) is 0 Å². The number of non-ortho nitro benzene ring substituents is 1. The summed E-state index contributed by atoms with van der Waals surface area (Å²) in [4.78, 5) is 10.3. The van der Waals surface area contributed by atoms with Crippen LogP contribution < -0.4 is 4.74 Å². The highest BCUT2D eigenvalue weighted by atomic mass is 35.5. The van der Waals surface area contributed by atoms with Crippen LogP contribution in [0, 0.1) is 10.1 Å². The molecule has 0 spiro atoms. The average Bonchev–Trinajstić information content (AvgIpc) is 3.39. The van der Waals surface area contributed by atoms with Crippen LogP contribution in [0.3, 0.4) is 0 Å². The summed E-state index contributed by atoms with van der Waals surface area (Å²) in [6, 6.07) is 13.0. The van der Waals surface area contributed by atoms with E-state index in [1.165, 1.54) is 23.9 Å². The molecule has 0 aliphatic rings. The van der Waals surface area contributed by atoms with Crippen LogP contribution in [0.25, 0.3) is 11.5 Å². The number of halogens is 1. The first-order valence-electron chi connectivity index (χ1n) is 8.96. The molecule has 2 heterocycles. The summed E-state index contributed by atoms with van der Waals surface area (Å²) >= 11 is 7.26. The molecule has 0 radical (unpaired) electrons. The van der Waals surface area contributed by atoms with E-state index in [0.29, 0.717) is 44.9 Å². The van der Waals surface area contributed by atoms with Gasteiger partial charge in [0.15, 0.2) is 11.0 Å². The largest absolute Gasteiger partial charge is 0.486 e. The molecule has 0 saturated heterocycles. The molecule has 0 atom stereocenters. The summed E-state index contributed by atoms with van der Waals surface area (Å²) in [7, 11) is 1.85. The first kappa shape index (κ1) is 20.8. The van der Waals surface area contributed by atoms with Crippen LogP contribution >= 0.6 is 23.4 Å². The van der Waals surface area contributed by atoms with Crippen LogP contribution in [0.15, 0.2) is 58.1 Å². The molecule has 0 fully saturated rings. The van der Waals surface area contributed by atoms with Crippen LogP contribution in [-0.2, 0) is 19.4 Å². The highest BCUT2D eigenvalue weighted by molar-refractivity contribution is 7.98. The Morgan fingerprint density at radius 1 is 1.10 bits per heavy atom. The molecule has 4 aromatic rings. The fraction of sp³-hybridized carbons (Fsp3) is 0.158. The van der Waals surface area contributed by atoms with Crippen LogP contribution in [0.5, 0.6) is 5.75 Å². The van der Waals surface area contributed by atoms with Gasteiger partial charge in [0.2, 0.25) is 11.8 Å². The van der Waals surface area contributed by atoms with Crippen molar-refractivity contribution in [1.82, 2.24) is 25.0 Å². The van der Waals surface area contributed by atoms with Crippen molar-refractivity contribution in [2.75, 3.05) is 0 Å². The number of aromatic nitrogens is 5. The maximum atomic E-state index is 10.8. The van der Waals surface area contributed by atoms with Gasteiger partial charge in [-0.2, -0.15) is 0 Å². The third-order valence-electron chi connectivity index (χ3n) is 4.22. The summed E-state index contributed by atoms with van der Waals surface area (Å²) < 4.78 is 13.2. The summed E-state index contributed by atoms with van der Waals surface area (Å²) in [5, 5.41) is 28.4. The highest BCUT2D eigenvalue weighted by Crippen LogP contribution is 2.25. The van der Waals surface area contributed by atoms with E-state index in [-0.39, 0.29) is 12.3 Å². The Labute approximate surface area is 185 Å². The molecular weight excluding hydrogens is 444 g/mol. The quantitative estimate of drug-likeness (QED) is 0.216. The lowest BCUT2D eigenvalue weighted by molar-refractivity contribution is -0.384. The van der Waals surface area contributed by atoms with Crippen molar-refractivity contribution in [3.05, 3.63) is 75.4 Å². The van der Waals surface area contributed by atoms with Gasteiger partial charge in [-0.05, 0) is 36.4 Å². The van der Waals surface area contributed by atoms with Crippen molar-refractivity contribution in [1.29, 1.82) is 0 Å². The molecule has 0 aliphatic heterocycles. The van der Waals surface area contributed by atoms with Crippen LogP contribution in [-0.4, -0.2) is 29.9 Å². The second-order valence-corrected chi connectivity index (χ2v) is 7.67. The maximum Gasteiger partial charge on any atom is 0.269 e. The van der Waals surface area contributed by atoms with Gasteiger partial charge in [0, 0.05) is 29.8 Å². The fourth-order valence-electron chi connectivity index (χ4n) is 2.56. The maximum absolute atomic E-state index is 10.8. The molecular formula is C19H15ClN6O4S. The predicted octanol–water partition coefficient (Wildman–Crippen LogP) is 4.30. The Morgan fingerprint density at radius 3 is 2.55 bits per heavy atom. The third kappa shape index (κ3) is 5.01. The SMILES string of the molecule is Cn1c(COc2ccc(Cl)cc2)nnc1SCc1nnc(-c2ccc([N+](=O)[O-])cc2)o1. The zero-order valence-corrected chi connectivity index (χ0v) is 17.7. The monoisotopic (exact) mass is 458 g/mol. The van der Waals surface area contributed by atoms with Gasteiger partial charge in [0.1, 0.15) is 12.4 Å². The highest BCUT2D eigenvalue weighted by Gasteiger charge is 2.14. The molecule has 0 amide bonds. The molecule has 2 aromatic heterocycles. The second kappa shape index (κ2) is 9.14. The van der Waals surface area contributed by atoms with Gasteiger partial charge in [-0.25, -0.2) is 0 Å². The molecule has 2 aromatic carbocycles. The standard InChI is InChI=1S/C19H15ClN6O4S/c1-25-16(10-29-15-8-4-13(20)5-9-15)21-24-19(25)31-11-17-22-23-18(30-17)12-2-6-14(7-3-12)26(27)28/h2-9H,10-11H2,1H3. The Kier molecular flexibility index (Phi) is 6.14. The average molecular weight is 459 g/mol. The molecule has 0 unspecified atom stereocenters. The lowest BCUT2D eigenvalue weighted by atomic mass is 10.2. The van der Waals surface area contributed by atoms with Gasteiger partial charge < -0.3 is 13.7 Å². The van der Waals surface area contributed by atoms with Crippen molar-refractivity contribution in [3.8, 4) is 17.2 Å². The first-order chi connectivity index (χ1) is 15.0. The van der Waals surface area contributed by atoms with Crippen molar-refractivity contribution < 1.29 is 14.1 Å². The third-order valence-corrected chi connectivity index (χ3v) is 5.48. The Hall–Kier alpha value is -3.44. The number of benzene rings is 2. The Bertz CT molecular complexity index is 1190. The fourth-order valence-corrected chi connectivity index (χ4v) is 3.45. The second-order valence-electron chi connectivity index (χ2n) is 6.29. The van der Waals surface area contributed by atoms with Crippen molar-refractivity contribution >= 4 is 29.1 Å². The van der Waals surface area contributed by atoms with E-state index in [9.17, 15) is 10.1 Å². The van der Waals surface area contributed by atoms with E-state index in [4.69, 9.17) is 20.8 Å². The van der Waals surface area contributed by atoms with Crippen LogP contribution in [0.2, 0.25) is 5.02 Å². The molecule has 4 rings (SSSR count). The number of rotatable bonds is 8. The lowest BCUT2D eigenvalue weighted by Gasteiger charge is -2.06. The molecule has 0 N–H and O–H groups in total. The van der Waals surface area contributed by atoms with E-state index >= 15 is 0 Å². The summed E-state index contributed by atoms with van der Waals surface area (Å²) in [5.74, 6) is 2.44. The van der Waals surface area contributed by atoms with E-state index in [0.717, 1.165) is 0 Å². The zero-order chi connectivity index (χ0) is 21.8. The number of nitro groups is 1. The molecule has 31 heavy (non-hydrogen) atoms. The van der Waals surface area contributed by atoms with Gasteiger partial charge in [0.05, 0.1) is 10.7 Å². The number of ether oxygens (including phenoxy) is 1. The lowest BCUT2D eigenvalue weighted by Crippen LogP contribution is -2.04. The number of thioether (sulfide) groups is 1. The van der Waals surface area contributed by atoms with E-state index < -0.39 is 4.92 Å². The summed E-state index contributed by atoms with van der Waals surface area (Å²) in [5.41, 5.74) is 0.604. The normalized spacial score (nSPS) is 10.9. The molecule has 0 saturated carbocycles. The number of nitrogens with zero attached hydrogens (tertiary/aromatic N) is 6. The molecule has 12 heteroatoms. The molecule has 0 aliphatic carbocycles. The van der Waals surface area contributed by atoms with Gasteiger partial charge in [0.25, 0.3) is 5.69 Å². The van der Waals surface area contributed by atoms with E-state index in [1.54, 1.807) is 36.4 Å².